The van der Waals surface area contributed by atoms with Crippen molar-refractivity contribution in [2.75, 3.05) is 6.61 Å². The second-order valence-electron chi connectivity index (χ2n) is 4.54. The van der Waals surface area contributed by atoms with Gasteiger partial charge in [0, 0.05) is 0 Å². The lowest BCUT2D eigenvalue weighted by Gasteiger charge is -2.03. The zero-order valence-corrected chi connectivity index (χ0v) is 11.3. The highest BCUT2D eigenvalue weighted by Gasteiger charge is 2.14. The highest BCUT2D eigenvalue weighted by Crippen LogP contribution is 2.13. The van der Waals surface area contributed by atoms with Gasteiger partial charge in [-0.1, -0.05) is 6.07 Å². The summed E-state index contributed by atoms with van der Waals surface area (Å²) in [5.41, 5.74) is 2.66. The van der Waals surface area contributed by atoms with Crippen LogP contribution < -0.4 is 10.1 Å². The van der Waals surface area contributed by atoms with Gasteiger partial charge in [-0.25, -0.2) is 4.79 Å². The minimum Gasteiger partial charge on any atom is -0.461 e. The van der Waals surface area contributed by atoms with Crippen LogP contribution >= 0.6 is 0 Å². The maximum atomic E-state index is 12.1. The first-order chi connectivity index (χ1) is 9.01. The number of rotatable bonds is 3. The lowest BCUT2D eigenvalue weighted by atomic mass is 10.1. The second-order valence-corrected chi connectivity index (χ2v) is 4.54. The maximum Gasteiger partial charge on any atom is 0.375 e. The molecule has 0 saturated heterocycles. The van der Waals surface area contributed by atoms with E-state index in [0.717, 1.165) is 16.6 Å². The van der Waals surface area contributed by atoms with E-state index in [1.165, 1.54) is 10.9 Å². The van der Waals surface area contributed by atoms with E-state index in [9.17, 15) is 9.59 Å². The molecule has 19 heavy (non-hydrogen) atoms. The number of carbonyl (C=O) groups excluding carboxylic acids is 1. The van der Waals surface area contributed by atoms with Crippen LogP contribution in [0.2, 0.25) is 0 Å². The summed E-state index contributed by atoms with van der Waals surface area (Å²) in [5.74, 6) is -0.368. The average molecular weight is 261 g/mol. The number of aromatic nitrogens is 2. The van der Waals surface area contributed by atoms with Crippen molar-refractivity contribution in [3.8, 4) is 0 Å². The predicted molar refractivity (Wildman–Crippen MR) is 70.9 cm³/mol. The quantitative estimate of drug-likeness (QED) is 0.662. The van der Waals surface area contributed by atoms with E-state index in [0.29, 0.717) is 12.0 Å². The fourth-order valence-electron chi connectivity index (χ4n) is 2.13. The first-order valence-corrected chi connectivity index (χ1v) is 6.20. The molecule has 5 heteroatoms. The van der Waals surface area contributed by atoms with E-state index in [1.54, 1.807) is 6.92 Å². The Kier molecular flexibility index (Phi) is 3.64. The molecule has 0 bridgehead atoms. The molecule has 0 radical (unpaired) electrons. The summed E-state index contributed by atoms with van der Waals surface area (Å²) in [6, 6.07) is 3.84. The molecule has 0 aliphatic rings. The van der Waals surface area contributed by atoms with E-state index in [-0.39, 0.29) is 17.9 Å². The van der Waals surface area contributed by atoms with Crippen LogP contribution in [-0.4, -0.2) is 17.7 Å². The molecule has 1 N–H and O–H groups in total. The van der Waals surface area contributed by atoms with Crippen LogP contribution in [0, 0.1) is 13.8 Å². The maximum absolute atomic E-state index is 12.1. The number of nitrogens with one attached hydrogen (secondary N) is 1. The van der Waals surface area contributed by atoms with Gasteiger partial charge in [-0.2, -0.15) is 5.10 Å². The molecule has 100 valence electrons. The number of aromatic amines is 1. The Morgan fingerprint density at radius 3 is 2.79 bits per heavy atom. The summed E-state index contributed by atoms with van der Waals surface area (Å²) < 4.78 is 6.33. The third-order valence-electron chi connectivity index (χ3n) is 2.88. The molecule has 1 heterocycles. The molecule has 0 unspecified atom stereocenters. The number of hydrogen-bond acceptors (Lipinski definition) is 3. The number of esters is 1. The molecular weight excluding hydrogens is 244 g/mol. The van der Waals surface area contributed by atoms with Crippen molar-refractivity contribution < 1.29 is 14.2 Å². The SMILES string of the molecule is CCOC(=O)C[n+]1cc(=O)c2cc(C)cc(C)c2[nH]1. The first kappa shape index (κ1) is 13.3. The molecule has 1 aromatic carbocycles. The average Bonchev–Trinajstić information content (AvgIpc) is 2.31. The number of fused-ring (bicyclic) bond motifs is 1. The van der Waals surface area contributed by atoms with E-state index >= 15 is 0 Å². The molecule has 0 aliphatic carbocycles. The molecule has 1 aromatic heterocycles. The molecule has 0 aliphatic heterocycles. The lowest BCUT2D eigenvalue weighted by Crippen LogP contribution is -2.44. The van der Waals surface area contributed by atoms with Gasteiger partial charge in [0.05, 0.1) is 12.0 Å². The van der Waals surface area contributed by atoms with Gasteiger partial charge in [-0.3, -0.25) is 4.79 Å². The molecule has 0 amide bonds. The summed E-state index contributed by atoms with van der Waals surface area (Å²) >= 11 is 0. The Balaban J connectivity index is 2.50. The Bertz CT molecular complexity index is 689. The molecule has 0 spiro atoms. The van der Waals surface area contributed by atoms with Gasteiger partial charge in [-0.15, -0.1) is 4.68 Å². The minimum atomic E-state index is -0.368. The Labute approximate surface area is 110 Å². The van der Waals surface area contributed by atoms with Crippen LogP contribution in [0.15, 0.2) is 23.1 Å². The van der Waals surface area contributed by atoms with Crippen molar-refractivity contribution in [3.05, 3.63) is 39.7 Å². The first-order valence-electron chi connectivity index (χ1n) is 6.20. The predicted octanol–water partition coefficient (Wildman–Crippen LogP) is 0.996. The number of carbonyl (C=O) groups is 1. The van der Waals surface area contributed by atoms with Crippen molar-refractivity contribution in [2.45, 2.75) is 27.3 Å². The highest BCUT2D eigenvalue weighted by molar-refractivity contribution is 5.81. The lowest BCUT2D eigenvalue weighted by molar-refractivity contribution is -0.742. The van der Waals surface area contributed by atoms with E-state index in [4.69, 9.17) is 4.74 Å². The fraction of sp³-hybridized carbons (Fsp3) is 0.357. The molecule has 0 fully saturated rings. The zero-order chi connectivity index (χ0) is 14.0. The summed E-state index contributed by atoms with van der Waals surface area (Å²) in [5, 5.41) is 3.70. The fourth-order valence-corrected chi connectivity index (χ4v) is 2.13. The van der Waals surface area contributed by atoms with Crippen LogP contribution in [0.5, 0.6) is 0 Å². The molecule has 0 atom stereocenters. The summed E-state index contributed by atoms with van der Waals surface area (Å²) in [6.07, 6.45) is 1.39. The van der Waals surface area contributed by atoms with E-state index in [1.807, 2.05) is 26.0 Å². The number of nitrogens with zero attached hydrogens (tertiary/aromatic N) is 1. The van der Waals surface area contributed by atoms with E-state index < -0.39 is 0 Å². The van der Waals surface area contributed by atoms with Crippen LogP contribution in [0.1, 0.15) is 18.1 Å². The summed E-state index contributed by atoms with van der Waals surface area (Å²) in [4.78, 5) is 23.5. The minimum absolute atomic E-state index is 0.00629. The van der Waals surface area contributed by atoms with Gasteiger partial charge in [0.1, 0.15) is 5.52 Å². The smallest absolute Gasteiger partial charge is 0.375 e. The van der Waals surface area contributed by atoms with Gasteiger partial charge in [0.2, 0.25) is 6.20 Å². The number of benzene rings is 1. The monoisotopic (exact) mass is 261 g/mol. The number of hydrogen-bond donors (Lipinski definition) is 1. The Hall–Kier alpha value is -2.17. The third kappa shape index (κ3) is 2.81. The standard InChI is InChI=1S/C14H16N2O3/c1-4-19-13(18)8-16-7-12(17)11-6-9(2)5-10(3)14(11)15-16/h5-7H,4,8H2,1-3H3/p+1. The van der Waals surface area contributed by atoms with Crippen LogP contribution in [0.4, 0.5) is 0 Å². The third-order valence-corrected chi connectivity index (χ3v) is 2.88. The van der Waals surface area contributed by atoms with Crippen LogP contribution in [0.25, 0.3) is 10.9 Å². The molecule has 0 saturated carbocycles. The van der Waals surface area contributed by atoms with Gasteiger partial charge in [-0.05, 0) is 38.0 Å². The Morgan fingerprint density at radius 2 is 2.11 bits per heavy atom. The van der Waals surface area contributed by atoms with Crippen molar-refractivity contribution >= 4 is 16.9 Å². The summed E-state index contributed by atoms with van der Waals surface area (Å²) in [6.45, 7) is 5.96. The van der Waals surface area contributed by atoms with Crippen molar-refractivity contribution in [1.29, 1.82) is 0 Å². The highest BCUT2D eigenvalue weighted by atomic mass is 16.5. The van der Waals surface area contributed by atoms with Gasteiger partial charge in [0.15, 0.2) is 0 Å². The molecule has 2 aromatic rings. The van der Waals surface area contributed by atoms with Crippen molar-refractivity contribution in [1.82, 2.24) is 5.10 Å². The van der Waals surface area contributed by atoms with E-state index in [2.05, 4.69) is 5.10 Å². The number of ether oxygens (including phenoxy) is 1. The summed E-state index contributed by atoms with van der Waals surface area (Å²) in [7, 11) is 0. The molecule has 5 nitrogen and oxygen atoms in total. The topological polar surface area (TPSA) is 63.0 Å². The number of aryl methyl sites for hydroxylation is 2. The zero-order valence-electron chi connectivity index (χ0n) is 11.3. The van der Waals surface area contributed by atoms with Crippen molar-refractivity contribution in [2.24, 2.45) is 0 Å². The van der Waals surface area contributed by atoms with Crippen LogP contribution in [-0.2, 0) is 16.1 Å². The molecule has 2 rings (SSSR count). The second kappa shape index (κ2) is 5.22. The Morgan fingerprint density at radius 1 is 1.37 bits per heavy atom. The largest absolute Gasteiger partial charge is 0.461 e. The van der Waals surface area contributed by atoms with Crippen molar-refractivity contribution in [3.63, 3.8) is 0 Å². The van der Waals surface area contributed by atoms with Gasteiger partial charge >= 0.3 is 5.97 Å². The normalized spacial score (nSPS) is 10.7. The van der Waals surface area contributed by atoms with Crippen LogP contribution in [0.3, 0.4) is 0 Å². The van der Waals surface area contributed by atoms with Gasteiger partial charge < -0.3 is 4.74 Å². The number of H-pyrrole nitrogens is 1. The van der Waals surface area contributed by atoms with Gasteiger partial charge in [0.25, 0.3) is 12.0 Å². The molecular formula is C14H17N2O3+.